The molecule has 1 amide bonds. The lowest BCUT2D eigenvalue weighted by Gasteiger charge is -2.43. The fourth-order valence-corrected chi connectivity index (χ4v) is 1.99. The maximum Gasteiger partial charge on any atom is 0.239 e. The van der Waals surface area contributed by atoms with E-state index in [-0.39, 0.29) is 11.9 Å². The largest absolute Gasteiger partial charge is 0.338 e. The molecule has 2 N–H and O–H groups in total. The maximum absolute atomic E-state index is 11.9. The van der Waals surface area contributed by atoms with Crippen molar-refractivity contribution in [2.45, 2.75) is 45.3 Å². The third kappa shape index (κ3) is 2.69. The van der Waals surface area contributed by atoms with Crippen LogP contribution in [0, 0.1) is 0 Å². The van der Waals surface area contributed by atoms with Crippen molar-refractivity contribution in [2.24, 2.45) is 5.73 Å². The average molecular weight is 213 g/mol. The summed E-state index contributed by atoms with van der Waals surface area (Å²) in [5.41, 5.74) is 5.77. The van der Waals surface area contributed by atoms with Crippen LogP contribution in [0.15, 0.2) is 0 Å². The van der Waals surface area contributed by atoms with Gasteiger partial charge in [-0.3, -0.25) is 9.69 Å². The summed E-state index contributed by atoms with van der Waals surface area (Å²) < 4.78 is 0. The third-order valence-corrected chi connectivity index (χ3v) is 3.43. The molecule has 1 rings (SSSR count). The number of amides is 1. The molecular weight excluding hydrogens is 190 g/mol. The van der Waals surface area contributed by atoms with Gasteiger partial charge in [-0.15, -0.1) is 0 Å². The van der Waals surface area contributed by atoms with Crippen LogP contribution in [-0.2, 0) is 4.79 Å². The van der Waals surface area contributed by atoms with Crippen molar-refractivity contribution in [3.05, 3.63) is 0 Å². The van der Waals surface area contributed by atoms with Crippen molar-refractivity contribution in [3.63, 3.8) is 0 Å². The predicted molar refractivity (Wildman–Crippen MR) is 61.5 cm³/mol. The molecule has 88 valence electrons. The molecule has 0 radical (unpaired) electrons. The van der Waals surface area contributed by atoms with Crippen molar-refractivity contribution in [1.82, 2.24) is 9.80 Å². The van der Waals surface area contributed by atoms with E-state index in [0.717, 1.165) is 13.1 Å². The van der Waals surface area contributed by atoms with Gasteiger partial charge in [0.25, 0.3) is 0 Å². The number of nitrogens with zero attached hydrogens (tertiary/aromatic N) is 2. The number of carbonyl (C=O) groups excluding carboxylic acids is 1. The molecule has 1 fully saturated rings. The quantitative estimate of drug-likeness (QED) is 0.716. The van der Waals surface area contributed by atoms with E-state index in [1.165, 1.54) is 0 Å². The van der Waals surface area contributed by atoms with E-state index >= 15 is 0 Å². The van der Waals surface area contributed by atoms with Crippen LogP contribution in [0.25, 0.3) is 0 Å². The van der Waals surface area contributed by atoms with Gasteiger partial charge in [-0.25, -0.2) is 0 Å². The van der Waals surface area contributed by atoms with Crippen LogP contribution >= 0.6 is 0 Å². The minimum atomic E-state index is -0.326. The lowest BCUT2D eigenvalue weighted by Crippen LogP contribution is -2.59. The predicted octanol–water partition coefficient (Wildman–Crippen LogP) is 0.275. The molecule has 1 heterocycles. The summed E-state index contributed by atoms with van der Waals surface area (Å²) in [5, 5.41) is 0. The number of hydrogen-bond donors (Lipinski definition) is 1. The fraction of sp³-hybridized carbons (Fsp3) is 0.909. The zero-order valence-corrected chi connectivity index (χ0v) is 10.2. The lowest BCUT2D eigenvalue weighted by atomic mass is 10.1. The first kappa shape index (κ1) is 12.5. The van der Waals surface area contributed by atoms with Gasteiger partial charge in [0.05, 0.1) is 6.04 Å². The number of carbonyl (C=O) groups is 1. The van der Waals surface area contributed by atoms with E-state index in [2.05, 4.69) is 25.8 Å². The summed E-state index contributed by atoms with van der Waals surface area (Å²) in [6, 6.07) is 0.510. The maximum atomic E-state index is 11.9. The van der Waals surface area contributed by atoms with E-state index in [4.69, 9.17) is 5.73 Å². The average Bonchev–Trinajstić information content (AvgIpc) is 2.23. The highest BCUT2D eigenvalue weighted by molar-refractivity contribution is 5.81. The second kappa shape index (κ2) is 4.94. The Bertz CT molecular complexity index is 220. The Morgan fingerprint density at radius 2 is 1.87 bits per heavy atom. The summed E-state index contributed by atoms with van der Waals surface area (Å²) in [6.45, 7) is 7.84. The van der Waals surface area contributed by atoms with Crippen LogP contribution in [0.2, 0.25) is 0 Å². The molecule has 0 saturated carbocycles. The van der Waals surface area contributed by atoms with E-state index < -0.39 is 0 Å². The van der Waals surface area contributed by atoms with Gasteiger partial charge in [-0.1, -0.05) is 6.92 Å². The Morgan fingerprint density at radius 3 is 2.27 bits per heavy atom. The van der Waals surface area contributed by atoms with Crippen LogP contribution in [0.5, 0.6) is 0 Å². The van der Waals surface area contributed by atoms with Crippen LogP contribution in [0.1, 0.15) is 27.2 Å². The molecule has 4 heteroatoms. The molecule has 0 aliphatic carbocycles. The summed E-state index contributed by atoms with van der Waals surface area (Å²) in [7, 11) is 2.11. The number of piperazine rings is 1. The zero-order valence-electron chi connectivity index (χ0n) is 10.2. The van der Waals surface area contributed by atoms with Gasteiger partial charge < -0.3 is 10.6 Å². The SMILES string of the molecule is CC[C@@H](N)C(=O)N1CC(C)N(C)C(C)C1. The van der Waals surface area contributed by atoms with Gasteiger partial charge in [0.1, 0.15) is 0 Å². The van der Waals surface area contributed by atoms with Gasteiger partial charge >= 0.3 is 0 Å². The Labute approximate surface area is 92.4 Å². The molecule has 0 aromatic heterocycles. The molecule has 0 bridgehead atoms. The summed E-state index contributed by atoms with van der Waals surface area (Å²) in [4.78, 5) is 16.1. The summed E-state index contributed by atoms with van der Waals surface area (Å²) in [6.07, 6.45) is 0.716. The first-order valence-corrected chi connectivity index (χ1v) is 5.73. The number of rotatable bonds is 2. The Hall–Kier alpha value is -0.610. The molecular formula is C11H23N3O. The highest BCUT2D eigenvalue weighted by Gasteiger charge is 2.30. The van der Waals surface area contributed by atoms with Crippen LogP contribution in [0.4, 0.5) is 0 Å². The molecule has 1 aliphatic heterocycles. The molecule has 15 heavy (non-hydrogen) atoms. The van der Waals surface area contributed by atoms with Crippen LogP contribution in [-0.4, -0.2) is 54.0 Å². The van der Waals surface area contributed by atoms with E-state index in [1.807, 2.05) is 11.8 Å². The second-order valence-electron chi connectivity index (χ2n) is 4.62. The van der Waals surface area contributed by atoms with E-state index in [1.54, 1.807) is 0 Å². The summed E-state index contributed by atoms with van der Waals surface area (Å²) in [5.74, 6) is 0.101. The minimum Gasteiger partial charge on any atom is -0.338 e. The smallest absolute Gasteiger partial charge is 0.239 e. The van der Waals surface area contributed by atoms with Gasteiger partial charge in [0.2, 0.25) is 5.91 Å². The molecule has 0 spiro atoms. The van der Waals surface area contributed by atoms with Gasteiger partial charge in [-0.2, -0.15) is 0 Å². The molecule has 3 atom stereocenters. The van der Waals surface area contributed by atoms with Gasteiger partial charge in [0, 0.05) is 25.2 Å². The van der Waals surface area contributed by atoms with Gasteiger partial charge in [-0.05, 0) is 27.3 Å². The van der Waals surface area contributed by atoms with Crippen LogP contribution in [0.3, 0.4) is 0 Å². The van der Waals surface area contributed by atoms with E-state index in [0.29, 0.717) is 18.5 Å². The summed E-state index contributed by atoms with van der Waals surface area (Å²) >= 11 is 0. The highest BCUT2D eigenvalue weighted by Crippen LogP contribution is 2.14. The second-order valence-corrected chi connectivity index (χ2v) is 4.62. The molecule has 1 aliphatic rings. The standard InChI is InChI=1S/C11H23N3O/c1-5-10(12)11(15)14-6-8(2)13(4)9(3)7-14/h8-10H,5-7,12H2,1-4H3/t8?,9?,10-/m1/s1. The minimum absolute atomic E-state index is 0.101. The van der Waals surface area contributed by atoms with Gasteiger partial charge in [0.15, 0.2) is 0 Å². The Kier molecular flexibility index (Phi) is 4.11. The molecule has 0 aromatic rings. The molecule has 1 saturated heterocycles. The first-order valence-electron chi connectivity index (χ1n) is 5.73. The molecule has 2 unspecified atom stereocenters. The third-order valence-electron chi connectivity index (χ3n) is 3.43. The molecule has 4 nitrogen and oxygen atoms in total. The van der Waals surface area contributed by atoms with E-state index in [9.17, 15) is 4.79 Å². The number of likely N-dealkylation sites (N-methyl/N-ethyl adjacent to an activating group) is 1. The number of nitrogens with two attached hydrogens (primary N) is 1. The Balaban J connectivity index is 2.61. The van der Waals surface area contributed by atoms with Crippen molar-refractivity contribution >= 4 is 5.91 Å². The Morgan fingerprint density at radius 1 is 1.40 bits per heavy atom. The fourth-order valence-electron chi connectivity index (χ4n) is 1.99. The zero-order chi connectivity index (χ0) is 11.6. The monoisotopic (exact) mass is 213 g/mol. The van der Waals surface area contributed by atoms with Crippen LogP contribution < -0.4 is 5.73 Å². The highest BCUT2D eigenvalue weighted by atomic mass is 16.2. The first-order chi connectivity index (χ1) is 6.97. The topological polar surface area (TPSA) is 49.6 Å². The molecule has 0 aromatic carbocycles. The lowest BCUT2D eigenvalue weighted by molar-refractivity contribution is -0.136. The number of hydrogen-bond acceptors (Lipinski definition) is 3. The van der Waals surface area contributed by atoms with Crippen molar-refractivity contribution in [1.29, 1.82) is 0 Å². The normalized spacial score (nSPS) is 30.3. The van der Waals surface area contributed by atoms with Crippen molar-refractivity contribution in [2.75, 3.05) is 20.1 Å². The van der Waals surface area contributed by atoms with Crippen molar-refractivity contribution < 1.29 is 4.79 Å². The van der Waals surface area contributed by atoms with Crippen molar-refractivity contribution in [3.8, 4) is 0 Å².